The van der Waals surface area contributed by atoms with Gasteiger partial charge in [-0.3, -0.25) is 0 Å². The Kier molecular flexibility index (Phi) is 9.84. The van der Waals surface area contributed by atoms with Crippen molar-refractivity contribution in [3.63, 3.8) is 0 Å². The Labute approximate surface area is 229 Å². The average Bonchev–Trinajstić information content (AvgIpc) is 2.97. The van der Waals surface area contributed by atoms with Crippen LogP contribution in [0, 0.1) is 47.1 Å². The van der Waals surface area contributed by atoms with Gasteiger partial charge in [0.1, 0.15) is 0 Å². The summed E-state index contributed by atoms with van der Waals surface area (Å²) in [6, 6.07) is 3.25. The first-order chi connectivity index (χ1) is 18.6. The van der Waals surface area contributed by atoms with E-state index >= 15 is 0 Å². The van der Waals surface area contributed by atoms with E-state index in [9.17, 15) is 8.78 Å². The molecule has 0 amide bonds. The molecule has 1 saturated heterocycles. The Morgan fingerprint density at radius 3 is 1.79 bits per heavy atom. The van der Waals surface area contributed by atoms with E-state index in [1.165, 1.54) is 77.0 Å². The fourth-order valence-corrected chi connectivity index (χ4v) is 8.67. The third-order valence-corrected chi connectivity index (χ3v) is 10.9. The fourth-order valence-electron chi connectivity index (χ4n) is 8.67. The van der Waals surface area contributed by atoms with Crippen molar-refractivity contribution in [3.05, 3.63) is 41.5 Å². The van der Waals surface area contributed by atoms with Crippen LogP contribution >= 0.6 is 0 Å². The second-order valence-corrected chi connectivity index (χ2v) is 12.9. The number of halogens is 2. The molecule has 3 aliphatic carbocycles. The highest BCUT2D eigenvalue weighted by molar-refractivity contribution is 5.33. The molecule has 1 aliphatic heterocycles. The van der Waals surface area contributed by atoms with Crippen molar-refractivity contribution in [1.82, 2.24) is 0 Å². The van der Waals surface area contributed by atoms with Gasteiger partial charge in [0.2, 0.25) is 5.82 Å². The van der Waals surface area contributed by atoms with E-state index in [-0.39, 0.29) is 17.8 Å². The predicted octanol–water partition coefficient (Wildman–Crippen LogP) is 9.62. The highest BCUT2D eigenvalue weighted by atomic mass is 19.2. The summed E-state index contributed by atoms with van der Waals surface area (Å²) in [6.07, 6.45) is 23.7. The molecular formula is C34H50F2O2. The number of allylic oxidation sites excluding steroid dienone is 2. The third-order valence-electron chi connectivity index (χ3n) is 10.9. The topological polar surface area (TPSA) is 18.5 Å². The minimum absolute atomic E-state index is 0.000737. The van der Waals surface area contributed by atoms with Crippen molar-refractivity contribution >= 4 is 0 Å². The summed E-state index contributed by atoms with van der Waals surface area (Å²) < 4.78 is 40.6. The van der Waals surface area contributed by atoms with Crippen LogP contribution < -0.4 is 4.74 Å². The fraction of sp³-hybridized carbons (Fsp3) is 0.765. The Bertz CT molecular complexity index is 897. The molecule has 0 N–H and O–H groups in total. The van der Waals surface area contributed by atoms with Crippen LogP contribution in [-0.2, 0) is 4.74 Å². The van der Waals surface area contributed by atoms with Crippen LogP contribution in [0.3, 0.4) is 0 Å². The maximum atomic E-state index is 14.7. The minimum Gasteiger partial charge on any atom is -0.491 e. The standard InChI is InChI=1S/C34H50F2O2/c1-3-5-23-6-8-24(9-7-23)25-10-12-26(13-11-25)27-14-16-28(17-15-27)31-20-18-29(22-38-31)30-19-21-32(37-4-2)34(36)33(30)35/h3,5,19,21,23-29,31H,4,6-18,20,22H2,1-2H3. The molecule has 0 radical (unpaired) electrons. The lowest BCUT2D eigenvalue weighted by molar-refractivity contribution is -0.0471. The Balaban J connectivity index is 1.03. The summed E-state index contributed by atoms with van der Waals surface area (Å²) in [5, 5.41) is 0. The Morgan fingerprint density at radius 2 is 1.29 bits per heavy atom. The quantitative estimate of drug-likeness (QED) is 0.328. The highest BCUT2D eigenvalue weighted by Crippen LogP contribution is 2.47. The molecule has 2 nitrogen and oxygen atoms in total. The molecule has 2 unspecified atom stereocenters. The first-order valence-electron chi connectivity index (χ1n) is 15.9. The molecule has 1 aromatic carbocycles. The molecule has 3 saturated carbocycles. The lowest BCUT2D eigenvalue weighted by Gasteiger charge is -2.43. The van der Waals surface area contributed by atoms with E-state index in [1.807, 2.05) is 0 Å². The minimum atomic E-state index is -0.865. The van der Waals surface area contributed by atoms with Crippen molar-refractivity contribution in [2.24, 2.45) is 35.5 Å². The molecule has 5 rings (SSSR count). The summed E-state index contributed by atoms with van der Waals surface area (Å²) >= 11 is 0. The van der Waals surface area contributed by atoms with Gasteiger partial charge in [-0.2, -0.15) is 4.39 Å². The van der Waals surface area contributed by atoms with Crippen LogP contribution in [0.5, 0.6) is 5.75 Å². The monoisotopic (exact) mass is 528 g/mol. The van der Waals surface area contributed by atoms with Gasteiger partial charge in [0, 0.05) is 5.92 Å². The van der Waals surface area contributed by atoms with Gasteiger partial charge in [0.05, 0.1) is 19.3 Å². The van der Waals surface area contributed by atoms with Gasteiger partial charge in [0.15, 0.2) is 11.6 Å². The van der Waals surface area contributed by atoms with Gasteiger partial charge < -0.3 is 9.47 Å². The van der Waals surface area contributed by atoms with Crippen molar-refractivity contribution in [2.75, 3.05) is 13.2 Å². The largest absolute Gasteiger partial charge is 0.491 e. The molecule has 0 bridgehead atoms. The van der Waals surface area contributed by atoms with Crippen LogP contribution in [0.4, 0.5) is 8.78 Å². The smallest absolute Gasteiger partial charge is 0.200 e. The van der Waals surface area contributed by atoms with Gasteiger partial charge in [0.25, 0.3) is 0 Å². The first-order valence-corrected chi connectivity index (χ1v) is 15.9. The van der Waals surface area contributed by atoms with Gasteiger partial charge in [-0.05, 0) is 151 Å². The van der Waals surface area contributed by atoms with Crippen LogP contribution in [-0.4, -0.2) is 19.3 Å². The molecule has 4 heteroatoms. The zero-order valence-corrected chi connectivity index (χ0v) is 23.8. The lowest BCUT2D eigenvalue weighted by Crippen LogP contribution is -2.35. The van der Waals surface area contributed by atoms with E-state index in [0.717, 1.165) is 42.4 Å². The average molecular weight is 529 g/mol. The van der Waals surface area contributed by atoms with E-state index < -0.39 is 11.6 Å². The third kappa shape index (κ3) is 6.48. The van der Waals surface area contributed by atoms with E-state index in [0.29, 0.717) is 24.7 Å². The number of benzene rings is 1. The molecule has 2 atom stereocenters. The lowest BCUT2D eigenvalue weighted by atomic mass is 9.64. The summed E-state index contributed by atoms with van der Waals surface area (Å²) in [7, 11) is 0. The Hall–Kier alpha value is -1.42. The summed E-state index contributed by atoms with van der Waals surface area (Å²) in [4.78, 5) is 0. The molecule has 4 aliphatic rings. The molecule has 38 heavy (non-hydrogen) atoms. The molecule has 0 aromatic heterocycles. The van der Waals surface area contributed by atoms with Crippen LogP contribution in [0.2, 0.25) is 0 Å². The zero-order valence-electron chi connectivity index (χ0n) is 23.8. The first kappa shape index (κ1) is 28.1. The van der Waals surface area contributed by atoms with Crippen molar-refractivity contribution in [3.8, 4) is 5.75 Å². The molecule has 1 aromatic rings. The highest BCUT2D eigenvalue weighted by Gasteiger charge is 2.37. The summed E-state index contributed by atoms with van der Waals surface area (Å²) in [5.41, 5.74) is 0.439. The summed E-state index contributed by atoms with van der Waals surface area (Å²) in [6.45, 7) is 4.76. The van der Waals surface area contributed by atoms with Gasteiger partial charge in [-0.15, -0.1) is 0 Å². The van der Waals surface area contributed by atoms with Gasteiger partial charge in [-0.1, -0.05) is 18.2 Å². The maximum Gasteiger partial charge on any atom is 0.200 e. The molecule has 1 heterocycles. The molecular weight excluding hydrogens is 478 g/mol. The van der Waals surface area contributed by atoms with Crippen LogP contribution in [0.25, 0.3) is 0 Å². The van der Waals surface area contributed by atoms with Gasteiger partial charge >= 0.3 is 0 Å². The van der Waals surface area contributed by atoms with E-state index in [4.69, 9.17) is 9.47 Å². The van der Waals surface area contributed by atoms with Crippen molar-refractivity contribution < 1.29 is 18.3 Å². The van der Waals surface area contributed by atoms with Crippen LogP contribution in [0.15, 0.2) is 24.3 Å². The van der Waals surface area contributed by atoms with Crippen LogP contribution in [0.1, 0.15) is 115 Å². The van der Waals surface area contributed by atoms with E-state index in [2.05, 4.69) is 19.1 Å². The SMILES string of the molecule is CC=CC1CCC(C2CCC(C3CCC(C4CCC(c5ccc(OCC)c(F)c5F)CO4)CC3)CC2)CC1. The Morgan fingerprint density at radius 1 is 0.737 bits per heavy atom. The number of hydrogen-bond donors (Lipinski definition) is 0. The van der Waals surface area contributed by atoms with E-state index in [1.54, 1.807) is 19.1 Å². The van der Waals surface area contributed by atoms with Crippen molar-refractivity contribution in [2.45, 2.75) is 116 Å². The number of hydrogen-bond acceptors (Lipinski definition) is 2. The second-order valence-electron chi connectivity index (χ2n) is 12.9. The molecule has 0 spiro atoms. The zero-order chi connectivity index (χ0) is 26.5. The predicted molar refractivity (Wildman–Crippen MR) is 150 cm³/mol. The molecule has 212 valence electrons. The second kappa shape index (κ2) is 13.3. The van der Waals surface area contributed by atoms with Gasteiger partial charge in [-0.25, -0.2) is 4.39 Å². The number of rotatable bonds is 7. The van der Waals surface area contributed by atoms with Crippen molar-refractivity contribution in [1.29, 1.82) is 0 Å². The molecule has 4 fully saturated rings. The normalized spacial score (nSPS) is 36.8. The summed E-state index contributed by atoms with van der Waals surface area (Å²) in [5.74, 6) is 3.63. The number of ether oxygens (including phenoxy) is 2. The maximum absolute atomic E-state index is 14.7.